The van der Waals surface area contributed by atoms with Crippen LogP contribution < -0.4 is 5.32 Å². The van der Waals surface area contributed by atoms with Gasteiger partial charge in [0.25, 0.3) is 5.91 Å². The van der Waals surface area contributed by atoms with E-state index in [-0.39, 0.29) is 11.9 Å². The van der Waals surface area contributed by atoms with Crippen LogP contribution in [-0.2, 0) is 0 Å². The number of amides is 1. The quantitative estimate of drug-likeness (QED) is 0.795. The third-order valence-corrected chi connectivity index (χ3v) is 3.49. The molecule has 1 atom stereocenters. The second kappa shape index (κ2) is 6.26. The second-order valence-corrected chi connectivity index (χ2v) is 5.01. The topological polar surface area (TPSA) is 55.1 Å². The van der Waals surface area contributed by atoms with Gasteiger partial charge in [-0.1, -0.05) is 36.4 Å². The summed E-state index contributed by atoms with van der Waals surface area (Å²) in [6.07, 6.45) is 4.98. The molecular formula is C18H16N2O2. The van der Waals surface area contributed by atoms with Crippen molar-refractivity contribution in [2.45, 2.75) is 13.0 Å². The number of carbonyl (C=O) groups excluding carboxylic acids is 1. The number of furan rings is 1. The predicted octanol–water partition coefficient (Wildman–Crippen LogP) is 3.83. The molecule has 2 heterocycles. The van der Waals surface area contributed by atoms with Gasteiger partial charge in [0.2, 0.25) is 0 Å². The molecule has 4 heteroatoms. The van der Waals surface area contributed by atoms with Gasteiger partial charge in [0, 0.05) is 18.0 Å². The molecule has 3 aromatic rings. The van der Waals surface area contributed by atoms with Crippen LogP contribution in [0.25, 0.3) is 11.1 Å². The maximum absolute atomic E-state index is 12.5. The SMILES string of the molecule is CC(NC(=O)c1occc1-c1ccccc1)c1cccnc1. The van der Waals surface area contributed by atoms with Gasteiger partial charge in [-0.05, 0) is 30.2 Å². The normalized spacial score (nSPS) is 11.9. The molecule has 4 nitrogen and oxygen atoms in total. The van der Waals surface area contributed by atoms with Crippen molar-refractivity contribution in [1.82, 2.24) is 10.3 Å². The van der Waals surface area contributed by atoms with Crippen molar-refractivity contribution < 1.29 is 9.21 Å². The van der Waals surface area contributed by atoms with Crippen molar-refractivity contribution in [3.05, 3.63) is 78.5 Å². The molecule has 0 aliphatic heterocycles. The number of carbonyl (C=O) groups is 1. The average Bonchev–Trinajstić information content (AvgIpc) is 3.06. The van der Waals surface area contributed by atoms with Crippen LogP contribution in [0, 0.1) is 0 Å². The van der Waals surface area contributed by atoms with Crippen molar-refractivity contribution in [2.24, 2.45) is 0 Å². The Morgan fingerprint density at radius 2 is 1.95 bits per heavy atom. The standard InChI is InChI=1S/C18H16N2O2/c1-13(15-8-5-10-19-12-15)20-18(21)17-16(9-11-22-17)14-6-3-2-4-7-14/h2-13H,1H3,(H,20,21). The average molecular weight is 292 g/mol. The van der Waals surface area contributed by atoms with Crippen LogP contribution >= 0.6 is 0 Å². The van der Waals surface area contributed by atoms with E-state index in [4.69, 9.17) is 4.42 Å². The molecule has 22 heavy (non-hydrogen) atoms. The first-order valence-corrected chi connectivity index (χ1v) is 7.09. The number of rotatable bonds is 4. The highest BCUT2D eigenvalue weighted by Gasteiger charge is 2.19. The Kier molecular flexibility index (Phi) is 4.01. The minimum atomic E-state index is -0.236. The van der Waals surface area contributed by atoms with Crippen molar-refractivity contribution in [1.29, 1.82) is 0 Å². The Labute approximate surface area is 128 Å². The fraction of sp³-hybridized carbons (Fsp3) is 0.111. The van der Waals surface area contributed by atoms with Crippen LogP contribution in [0.4, 0.5) is 0 Å². The molecule has 2 aromatic heterocycles. The van der Waals surface area contributed by atoms with Crippen LogP contribution in [-0.4, -0.2) is 10.9 Å². The van der Waals surface area contributed by atoms with E-state index in [2.05, 4.69) is 10.3 Å². The lowest BCUT2D eigenvalue weighted by molar-refractivity contribution is 0.0912. The second-order valence-electron chi connectivity index (χ2n) is 5.01. The number of nitrogens with zero attached hydrogens (tertiary/aromatic N) is 1. The lowest BCUT2D eigenvalue weighted by atomic mass is 10.1. The molecule has 1 aromatic carbocycles. The van der Waals surface area contributed by atoms with Crippen LogP contribution in [0.3, 0.4) is 0 Å². The summed E-state index contributed by atoms with van der Waals surface area (Å²) in [7, 11) is 0. The van der Waals surface area contributed by atoms with Gasteiger partial charge in [-0.25, -0.2) is 0 Å². The lowest BCUT2D eigenvalue weighted by Gasteiger charge is -2.13. The van der Waals surface area contributed by atoms with Gasteiger partial charge in [-0.2, -0.15) is 0 Å². The molecule has 0 spiro atoms. The molecule has 110 valence electrons. The molecule has 0 fully saturated rings. The van der Waals surface area contributed by atoms with Gasteiger partial charge in [0.1, 0.15) is 0 Å². The molecule has 1 unspecified atom stereocenters. The third-order valence-electron chi connectivity index (χ3n) is 3.49. The van der Waals surface area contributed by atoms with Gasteiger partial charge < -0.3 is 9.73 Å². The number of aromatic nitrogens is 1. The number of nitrogens with one attached hydrogen (secondary N) is 1. The Morgan fingerprint density at radius 1 is 1.14 bits per heavy atom. The Morgan fingerprint density at radius 3 is 2.68 bits per heavy atom. The van der Waals surface area contributed by atoms with Crippen molar-refractivity contribution >= 4 is 5.91 Å². The van der Waals surface area contributed by atoms with E-state index >= 15 is 0 Å². The molecule has 0 saturated carbocycles. The monoisotopic (exact) mass is 292 g/mol. The summed E-state index contributed by atoms with van der Waals surface area (Å²) in [6, 6.07) is 15.1. The van der Waals surface area contributed by atoms with Crippen molar-refractivity contribution in [2.75, 3.05) is 0 Å². The molecule has 0 saturated heterocycles. The van der Waals surface area contributed by atoms with Gasteiger partial charge in [-0.3, -0.25) is 9.78 Å². The zero-order valence-electron chi connectivity index (χ0n) is 12.2. The molecule has 3 rings (SSSR count). The number of benzene rings is 1. The molecule has 1 N–H and O–H groups in total. The van der Waals surface area contributed by atoms with Gasteiger partial charge in [-0.15, -0.1) is 0 Å². The number of pyridine rings is 1. The fourth-order valence-electron chi connectivity index (χ4n) is 2.31. The van der Waals surface area contributed by atoms with E-state index in [1.165, 1.54) is 6.26 Å². The van der Waals surface area contributed by atoms with Crippen LogP contribution in [0.15, 0.2) is 71.6 Å². The van der Waals surface area contributed by atoms with E-state index < -0.39 is 0 Å². The first-order valence-electron chi connectivity index (χ1n) is 7.09. The summed E-state index contributed by atoms with van der Waals surface area (Å²) in [6.45, 7) is 1.92. The molecule has 0 aliphatic rings. The van der Waals surface area contributed by atoms with Crippen LogP contribution in [0.1, 0.15) is 29.1 Å². The smallest absolute Gasteiger partial charge is 0.288 e. The first kappa shape index (κ1) is 14.1. The Balaban J connectivity index is 1.81. The molecule has 0 bridgehead atoms. The summed E-state index contributed by atoms with van der Waals surface area (Å²) in [4.78, 5) is 16.5. The molecular weight excluding hydrogens is 276 g/mol. The van der Waals surface area contributed by atoms with Gasteiger partial charge in [0.05, 0.1) is 12.3 Å². The number of hydrogen-bond acceptors (Lipinski definition) is 3. The van der Waals surface area contributed by atoms with E-state index in [0.717, 1.165) is 16.7 Å². The Bertz CT molecular complexity index is 751. The predicted molar refractivity (Wildman–Crippen MR) is 84.3 cm³/mol. The fourth-order valence-corrected chi connectivity index (χ4v) is 2.31. The highest BCUT2D eigenvalue weighted by Crippen LogP contribution is 2.25. The van der Waals surface area contributed by atoms with Crippen molar-refractivity contribution in [3.63, 3.8) is 0 Å². The van der Waals surface area contributed by atoms with Gasteiger partial charge in [0.15, 0.2) is 5.76 Å². The highest BCUT2D eigenvalue weighted by atomic mass is 16.3. The summed E-state index contributed by atoms with van der Waals surface area (Å²) in [5, 5.41) is 2.94. The van der Waals surface area contributed by atoms with Gasteiger partial charge >= 0.3 is 0 Å². The summed E-state index contributed by atoms with van der Waals surface area (Å²) < 4.78 is 5.39. The van der Waals surface area contributed by atoms with Crippen LogP contribution in [0.2, 0.25) is 0 Å². The van der Waals surface area contributed by atoms with E-state index in [1.54, 1.807) is 18.5 Å². The van der Waals surface area contributed by atoms with E-state index in [1.807, 2.05) is 49.4 Å². The third kappa shape index (κ3) is 2.91. The minimum absolute atomic E-state index is 0.144. The zero-order chi connectivity index (χ0) is 15.4. The zero-order valence-corrected chi connectivity index (χ0v) is 12.2. The summed E-state index contributed by atoms with van der Waals surface area (Å²) in [5.41, 5.74) is 2.69. The number of hydrogen-bond donors (Lipinski definition) is 1. The highest BCUT2D eigenvalue weighted by molar-refractivity contribution is 5.98. The molecule has 1 amide bonds. The maximum Gasteiger partial charge on any atom is 0.288 e. The minimum Gasteiger partial charge on any atom is -0.459 e. The van der Waals surface area contributed by atoms with Crippen LogP contribution in [0.5, 0.6) is 0 Å². The van der Waals surface area contributed by atoms with Crippen molar-refractivity contribution in [3.8, 4) is 11.1 Å². The molecule has 0 radical (unpaired) electrons. The van der Waals surface area contributed by atoms with E-state index in [9.17, 15) is 4.79 Å². The lowest BCUT2D eigenvalue weighted by Crippen LogP contribution is -2.26. The summed E-state index contributed by atoms with van der Waals surface area (Å²) in [5.74, 6) is 0.0853. The Hall–Kier alpha value is -2.88. The maximum atomic E-state index is 12.5. The molecule has 0 aliphatic carbocycles. The van der Waals surface area contributed by atoms with E-state index in [0.29, 0.717) is 5.76 Å². The largest absolute Gasteiger partial charge is 0.459 e. The summed E-state index contributed by atoms with van der Waals surface area (Å²) >= 11 is 0. The first-order chi connectivity index (χ1) is 10.8.